The smallest absolute Gasteiger partial charge is 0.257 e. The van der Waals surface area contributed by atoms with Gasteiger partial charge < -0.3 is 19.6 Å². The number of hydrogen-bond acceptors (Lipinski definition) is 5. The van der Waals surface area contributed by atoms with E-state index in [2.05, 4.69) is 17.0 Å². The molecule has 5 rings (SSSR count). The molecule has 1 N–H and O–H groups in total. The molecule has 192 valence electrons. The molecule has 7 nitrogen and oxygen atoms in total. The number of rotatable bonds is 5. The Morgan fingerprint density at radius 1 is 1.03 bits per heavy atom. The van der Waals surface area contributed by atoms with Crippen molar-refractivity contribution in [3.63, 3.8) is 0 Å². The maximum Gasteiger partial charge on any atom is 0.257 e. The molecule has 0 bridgehead atoms. The maximum atomic E-state index is 13.5. The summed E-state index contributed by atoms with van der Waals surface area (Å²) in [5, 5.41) is 10.8. The number of carbonyl (C=O) groups excluding carboxylic acids is 2. The summed E-state index contributed by atoms with van der Waals surface area (Å²) < 4.78 is 32.7. The van der Waals surface area contributed by atoms with Gasteiger partial charge in [0.25, 0.3) is 17.7 Å². The van der Waals surface area contributed by atoms with Crippen LogP contribution in [0.3, 0.4) is 0 Å². The van der Waals surface area contributed by atoms with Gasteiger partial charge in [0.15, 0.2) is 0 Å². The molecule has 1 saturated heterocycles. The minimum atomic E-state index is -2.73. The van der Waals surface area contributed by atoms with Crippen LogP contribution in [-0.4, -0.2) is 89.5 Å². The minimum Gasteiger partial charge on any atom is -0.491 e. The van der Waals surface area contributed by atoms with E-state index in [-0.39, 0.29) is 50.9 Å². The molecule has 3 aliphatic rings. The first-order valence-electron chi connectivity index (χ1n) is 12.5. The summed E-state index contributed by atoms with van der Waals surface area (Å²) in [6, 6.07) is 12.9. The van der Waals surface area contributed by atoms with Crippen LogP contribution < -0.4 is 4.74 Å². The Hall–Kier alpha value is -3.04. The number of β-amino-alcohol motifs (C(OH)–C–C–N with tert-alkyl or cyclic N) is 1. The standard InChI is InChI=1S/C27H31F2N3O4/c28-27(29)8-11-31(12-9-27)25(34)20-5-6-23-24(15-20)36-14-13-32(26(23)35)18-22(33)17-30-10-7-19-3-1-2-4-21(19)16-30/h1-6,15,22,33H,7-14,16-18H2. The van der Waals surface area contributed by atoms with Crippen molar-refractivity contribution in [2.45, 2.75) is 37.8 Å². The van der Waals surface area contributed by atoms with Gasteiger partial charge in [-0.05, 0) is 35.7 Å². The number of aliphatic hydroxyl groups excluding tert-OH is 1. The first-order chi connectivity index (χ1) is 17.3. The molecular formula is C27H31F2N3O4. The Morgan fingerprint density at radius 2 is 1.78 bits per heavy atom. The van der Waals surface area contributed by atoms with Crippen molar-refractivity contribution in [2.24, 2.45) is 0 Å². The summed E-state index contributed by atoms with van der Waals surface area (Å²) in [6.45, 7) is 2.83. The number of nitrogens with zero attached hydrogens (tertiary/aromatic N) is 3. The van der Waals surface area contributed by atoms with E-state index >= 15 is 0 Å². The normalized spacial score (nSPS) is 20.7. The number of amides is 2. The van der Waals surface area contributed by atoms with Crippen molar-refractivity contribution in [3.05, 3.63) is 64.7 Å². The van der Waals surface area contributed by atoms with E-state index in [1.165, 1.54) is 22.1 Å². The zero-order chi connectivity index (χ0) is 25.3. The van der Waals surface area contributed by atoms with E-state index in [4.69, 9.17) is 4.74 Å². The molecule has 0 aliphatic carbocycles. The van der Waals surface area contributed by atoms with E-state index in [9.17, 15) is 23.5 Å². The van der Waals surface area contributed by atoms with Crippen LogP contribution in [0.2, 0.25) is 0 Å². The molecule has 0 saturated carbocycles. The van der Waals surface area contributed by atoms with Gasteiger partial charge in [0, 0.05) is 57.7 Å². The van der Waals surface area contributed by atoms with Crippen LogP contribution in [0, 0.1) is 0 Å². The summed E-state index contributed by atoms with van der Waals surface area (Å²) >= 11 is 0. The molecule has 0 radical (unpaired) electrons. The van der Waals surface area contributed by atoms with Crippen molar-refractivity contribution in [2.75, 3.05) is 45.9 Å². The number of aliphatic hydroxyl groups is 1. The highest BCUT2D eigenvalue weighted by molar-refractivity contribution is 6.00. The summed E-state index contributed by atoms with van der Waals surface area (Å²) in [4.78, 5) is 31.3. The summed E-state index contributed by atoms with van der Waals surface area (Å²) in [7, 11) is 0. The van der Waals surface area contributed by atoms with Gasteiger partial charge in [-0.3, -0.25) is 14.5 Å². The number of fused-ring (bicyclic) bond motifs is 2. The SMILES string of the molecule is O=C(c1ccc2c(c1)OCCN(CC(O)CN1CCc3ccccc3C1)C2=O)N1CCC(F)(F)CC1. The second-order valence-electron chi connectivity index (χ2n) is 9.87. The second kappa shape index (κ2) is 10.1. The maximum absolute atomic E-state index is 13.5. The zero-order valence-electron chi connectivity index (χ0n) is 20.2. The van der Waals surface area contributed by atoms with Crippen molar-refractivity contribution in [1.82, 2.24) is 14.7 Å². The molecule has 2 amide bonds. The summed E-state index contributed by atoms with van der Waals surface area (Å²) in [5.41, 5.74) is 3.25. The lowest BCUT2D eigenvalue weighted by Crippen LogP contribution is -2.44. The van der Waals surface area contributed by atoms with Crippen LogP contribution in [0.25, 0.3) is 0 Å². The van der Waals surface area contributed by atoms with Gasteiger partial charge in [0.1, 0.15) is 12.4 Å². The van der Waals surface area contributed by atoms with E-state index < -0.39 is 12.0 Å². The number of halogens is 2. The lowest BCUT2D eigenvalue weighted by atomic mass is 10.00. The number of hydrogen-bond donors (Lipinski definition) is 1. The van der Waals surface area contributed by atoms with E-state index in [0.717, 1.165) is 19.5 Å². The quantitative estimate of drug-likeness (QED) is 0.685. The van der Waals surface area contributed by atoms with E-state index in [1.807, 2.05) is 12.1 Å². The largest absolute Gasteiger partial charge is 0.491 e. The molecule has 9 heteroatoms. The lowest BCUT2D eigenvalue weighted by Gasteiger charge is -2.32. The third-order valence-corrected chi connectivity index (χ3v) is 7.26. The van der Waals surface area contributed by atoms with Crippen LogP contribution in [0.4, 0.5) is 8.78 Å². The van der Waals surface area contributed by atoms with E-state index in [1.54, 1.807) is 17.0 Å². The van der Waals surface area contributed by atoms with Gasteiger partial charge in [-0.15, -0.1) is 0 Å². The average molecular weight is 500 g/mol. The van der Waals surface area contributed by atoms with Crippen molar-refractivity contribution >= 4 is 11.8 Å². The fraction of sp³-hybridized carbons (Fsp3) is 0.481. The molecule has 3 heterocycles. The fourth-order valence-corrected chi connectivity index (χ4v) is 5.20. The lowest BCUT2D eigenvalue weighted by molar-refractivity contribution is -0.0494. The fourth-order valence-electron chi connectivity index (χ4n) is 5.20. The van der Waals surface area contributed by atoms with Crippen molar-refractivity contribution in [3.8, 4) is 5.75 Å². The first kappa shape index (κ1) is 24.6. The molecule has 1 fully saturated rings. The van der Waals surface area contributed by atoms with E-state index in [0.29, 0.717) is 30.0 Å². The van der Waals surface area contributed by atoms with Gasteiger partial charge in [-0.2, -0.15) is 0 Å². The summed E-state index contributed by atoms with van der Waals surface area (Å²) in [5.74, 6) is -3.03. The van der Waals surface area contributed by atoms with Crippen LogP contribution in [0.15, 0.2) is 42.5 Å². The Bertz CT molecular complexity index is 1130. The Kier molecular flexibility index (Phi) is 6.94. The molecule has 1 unspecified atom stereocenters. The summed E-state index contributed by atoms with van der Waals surface area (Å²) in [6.07, 6.45) is -0.466. The first-order valence-corrected chi connectivity index (χ1v) is 12.5. The highest BCUT2D eigenvalue weighted by atomic mass is 19.3. The topological polar surface area (TPSA) is 73.3 Å². The molecule has 1 atom stereocenters. The number of alkyl halides is 2. The molecule has 36 heavy (non-hydrogen) atoms. The number of piperidine rings is 1. The minimum absolute atomic E-state index is 0.00300. The van der Waals surface area contributed by atoms with Gasteiger partial charge in [0.05, 0.1) is 18.2 Å². The third-order valence-electron chi connectivity index (χ3n) is 7.26. The highest BCUT2D eigenvalue weighted by Gasteiger charge is 2.36. The van der Waals surface area contributed by atoms with Gasteiger partial charge in [-0.25, -0.2) is 8.78 Å². The van der Waals surface area contributed by atoms with Gasteiger partial charge in [0.2, 0.25) is 0 Å². The predicted octanol–water partition coefficient (Wildman–Crippen LogP) is 2.81. The van der Waals surface area contributed by atoms with Crippen molar-refractivity contribution < 1.29 is 28.2 Å². The van der Waals surface area contributed by atoms with Crippen LogP contribution in [-0.2, 0) is 13.0 Å². The molecule has 3 aliphatic heterocycles. The Morgan fingerprint density at radius 3 is 2.56 bits per heavy atom. The predicted molar refractivity (Wildman–Crippen MR) is 129 cm³/mol. The molecule has 0 spiro atoms. The Labute approximate surface area is 209 Å². The number of benzene rings is 2. The molecular weight excluding hydrogens is 468 g/mol. The number of ether oxygens (including phenoxy) is 1. The van der Waals surface area contributed by atoms with Crippen LogP contribution in [0.5, 0.6) is 5.75 Å². The van der Waals surface area contributed by atoms with Gasteiger partial charge >= 0.3 is 0 Å². The van der Waals surface area contributed by atoms with Gasteiger partial charge in [-0.1, -0.05) is 24.3 Å². The third kappa shape index (κ3) is 5.37. The average Bonchev–Trinajstić information content (AvgIpc) is 3.01. The van der Waals surface area contributed by atoms with Crippen molar-refractivity contribution in [1.29, 1.82) is 0 Å². The molecule has 0 aromatic heterocycles. The second-order valence-corrected chi connectivity index (χ2v) is 9.87. The monoisotopic (exact) mass is 499 g/mol. The number of carbonyl (C=O) groups is 2. The number of likely N-dealkylation sites (tertiary alicyclic amines) is 1. The highest BCUT2D eigenvalue weighted by Crippen LogP contribution is 2.30. The zero-order valence-corrected chi connectivity index (χ0v) is 20.2. The van der Waals surface area contributed by atoms with Crippen LogP contribution in [0.1, 0.15) is 44.7 Å². The molecule has 2 aromatic carbocycles. The molecule has 2 aromatic rings. The van der Waals surface area contributed by atoms with Crippen LogP contribution >= 0.6 is 0 Å². The Balaban J connectivity index is 1.21.